The number of allylic oxidation sites excluding steroid dienone is 1. The van der Waals surface area contributed by atoms with Gasteiger partial charge in [0.1, 0.15) is 12.4 Å². The first-order valence-electron chi connectivity index (χ1n) is 9.57. The number of hydrogen-bond acceptors (Lipinski definition) is 7. The summed E-state index contributed by atoms with van der Waals surface area (Å²) < 4.78 is 70.1. The molecule has 1 aliphatic heterocycles. The molecule has 2 rings (SSSR count). The topological polar surface area (TPSA) is 125 Å². The van der Waals surface area contributed by atoms with E-state index in [1.807, 2.05) is 0 Å². The molecule has 0 amide bonds. The van der Waals surface area contributed by atoms with Crippen LogP contribution in [0.4, 0.5) is 13.2 Å². The summed E-state index contributed by atoms with van der Waals surface area (Å²) in [4.78, 5) is 23.2. The molecule has 32 heavy (non-hydrogen) atoms. The summed E-state index contributed by atoms with van der Waals surface area (Å²) in [5.74, 6) is -2.50. The third-order valence-electron chi connectivity index (χ3n) is 4.95. The maximum absolute atomic E-state index is 12.9. The number of piperidine rings is 1. The minimum atomic E-state index is -4.68. The fourth-order valence-corrected chi connectivity index (χ4v) is 4.84. The van der Waals surface area contributed by atoms with E-state index in [9.17, 15) is 36.3 Å². The van der Waals surface area contributed by atoms with Crippen LogP contribution in [0.25, 0.3) is 0 Å². The molecule has 0 aromatic heterocycles. The van der Waals surface area contributed by atoms with Crippen molar-refractivity contribution in [2.45, 2.75) is 37.8 Å². The Balaban J connectivity index is 2.02. The van der Waals surface area contributed by atoms with Gasteiger partial charge in [0.05, 0.1) is 21.9 Å². The van der Waals surface area contributed by atoms with Crippen molar-refractivity contribution in [1.29, 1.82) is 5.41 Å². The maximum atomic E-state index is 12.9. The minimum absolute atomic E-state index is 0.0741. The number of rotatable bonds is 7. The summed E-state index contributed by atoms with van der Waals surface area (Å²) in [7, 11) is -4.18. The summed E-state index contributed by atoms with van der Waals surface area (Å²) in [5.41, 5.74) is -1.51. The van der Waals surface area contributed by atoms with Gasteiger partial charge in [0, 0.05) is 18.8 Å². The van der Waals surface area contributed by atoms with Crippen molar-refractivity contribution in [3.8, 4) is 0 Å². The van der Waals surface area contributed by atoms with E-state index in [0.29, 0.717) is 6.07 Å². The van der Waals surface area contributed by atoms with Gasteiger partial charge in [-0.2, -0.15) is 17.5 Å². The highest BCUT2D eigenvalue weighted by molar-refractivity contribution is 7.89. The van der Waals surface area contributed by atoms with Gasteiger partial charge >= 0.3 is 12.1 Å². The summed E-state index contributed by atoms with van der Waals surface area (Å²) >= 11 is 0. The van der Waals surface area contributed by atoms with Gasteiger partial charge in [-0.15, -0.1) is 0 Å². The van der Waals surface area contributed by atoms with Crippen molar-refractivity contribution < 1.29 is 41.0 Å². The standard InChI is InChI=1S/C20H23F3N2O6S/c1-12(24)18(13(2)26)17(27)11-31-19(28)14-6-8-25(9-7-14)32(29,30)16-5-3-4-15(10-16)20(21,22)23/h3-5,10,14,24,27H,6-9,11H2,1-2H3/b18-17-,24-12?. The molecule has 176 valence electrons. The lowest BCUT2D eigenvalue weighted by Gasteiger charge is -2.30. The van der Waals surface area contributed by atoms with E-state index in [2.05, 4.69) is 0 Å². The molecule has 12 heteroatoms. The summed E-state index contributed by atoms with van der Waals surface area (Å²) in [6.07, 6.45) is -4.53. The number of halogens is 3. The number of carbonyl (C=O) groups is 2. The van der Waals surface area contributed by atoms with Gasteiger partial charge in [-0.05, 0) is 44.9 Å². The molecule has 1 saturated heterocycles. The van der Waals surface area contributed by atoms with Crippen LogP contribution < -0.4 is 0 Å². The van der Waals surface area contributed by atoms with Crippen molar-refractivity contribution >= 4 is 27.5 Å². The Morgan fingerprint density at radius 2 is 1.81 bits per heavy atom. The fourth-order valence-electron chi connectivity index (χ4n) is 3.33. The number of carbonyl (C=O) groups excluding carboxylic acids is 2. The fraction of sp³-hybridized carbons (Fsp3) is 0.450. The van der Waals surface area contributed by atoms with Crippen molar-refractivity contribution in [2.75, 3.05) is 19.7 Å². The molecular formula is C20H23F3N2O6S. The molecule has 1 heterocycles. The average molecular weight is 476 g/mol. The van der Waals surface area contributed by atoms with E-state index >= 15 is 0 Å². The number of ether oxygens (including phenoxy) is 1. The highest BCUT2D eigenvalue weighted by atomic mass is 32.2. The second-order valence-electron chi connectivity index (χ2n) is 7.31. The SMILES string of the molecule is CC(=N)/C(C(C)=O)=C(/O)COC(=O)C1CCN(S(=O)(=O)c2cccc(C(F)(F)F)c2)CC1. The lowest BCUT2D eigenvalue weighted by molar-refractivity contribution is -0.149. The molecule has 0 atom stereocenters. The Morgan fingerprint density at radius 3 is 2.31 bits per heavy atom. The Hall–Kier alpha value is -2.73. The van der Waals surface area contributed by atoms with Crippen LogP contribution in [0, 0.1) is 11.3 Å². The number of alkyl halides is 3. The molecule has 1 aromatic rings. The van der Waals surface area contributed by atoms with E-state index in [0.717, 1.165) is 29.4 Å². The number of hydrogen-bond donors (Lipinski definition) is 2. The largest absolute Gasteiger partial charge is 0.508 e. The monoisotopic (exact) mass is 476 g/mol. The number of aliphatic hydroxyl groups is 1. The zero-order valence-electron chi connectivity index (χ0n) is 17.4. The number of Topliss-reactive ketones (excluding diaryl/α,β-unsaturated/α-hetero) is 1. The lowest BCUT2D eigenvalue weighted by atomic mass is 9.98. The molecule has 1 aliphatic rings. The molecule has 0 unspecified atom stereocenters. The summed E-state index contributed by atoms with van der Waals surface area (Å²) in [6.45, 7) is 1.66. The number of nitrogens with zero attached hydrogens (tertiary/aromatic N) is 1. The van der Waals surface area contributed by atoms with E-state index < -0.39 is 56.7 Å². The van der Waals surface area contributed by atoms with Gasteiger partial charge < -0.3 is 15.3 Å². The Kier molecular flexibility index (Phi) is 7.83. The number of sulfonamides is 1. The first kappa shape index (κ1) is 25.5. The first-order chi connectivity index (χ1) is 14.7. The lowest BCUT2D eigenvalue weighted by Crippen LogP contribution is -2.40. The summed E-state index contributed by atoms with van der Waals surface area (Å²) in [6, 6.07) is 3.45. The quantitative estimate of drug-likeness (QED) is 0.270. The Labute approximate surface area is 183 Å². The van der Waals surface area contributed by atoms with Crippen molar-refractivity contribution in [2.24, 2.45) is 5.92 Å². The van der Waals surface area contributed by atoms with Gasteiger partial charge in [0.2, 0.25) is 10.0 Å². The molecule has 1 fully saturated rings. The normalized spacial score (nSPS) is 16.9. The Bertz CT molecular complexity index is 1030. The number of nitrogens with one attached hydrogen (secondary N) is 1. The highest BCUT2D eigenvalue weighted by Crippen LogP contribution is 2.32. The van der Waals surface area contributed by atoms with Crippen LogP contribution in [0.5, 0.6) is 0 Å². The molecule has 0 radical (unpaired) electrons. The van der Waals surface area contributed by atoms with Gasteiger partial charge in [-0.25, -0.2) is 8.42 Å². The third kappa shape index (κ3) is 5.94. The van der Waals surface area contributed by atoms with Crippen LogP contribution >= 0.6 is 0 Å². The van der Waals surface area contributed by atoms with E-state index in [4.69, 9.17) is 10.1 Å². The van der Waals surface area contributed by atoms with Crippen molar-refractivity contribution in [3.63, 3.8) is 0 Å². The molecular weight excluding hydrogens is 453 g/mol. The third-order valence-corrected chi connectivity index (χ3v) is 6.85. The van der Waals surface area contributed by atoms with Crippen LogP contribution in [0.2, 0.25) is 0 Å². The van der Waals surface area contributed by atoms with Gasteiger partial charge in [-0.1, -0.05) is 6.07 Å². The van der Waals surface area contributed by atoms with Crippen LogP contribution in [-0.2, 0) is 30.5 Å². The second-order valence-corrected chi connectivity index (χ2v) is 9.25. The molecule has 0 aliphatic carbocycles. The molecule has 8 nitrogen and oxygen atoms in total. The van der Waals surface area contributed by atoms with E-state index in [-0.39, 0.29) is 37.2 Å². The predicted octanol–water partition coefficient (Wildman–Crippen LogP) is 3.09. The number of benzene rings is 1. The van der Waals surface area contributed by atoms with Gasteiger partial charge in [0.15, 0.2) is 5.78 Å². The predicted molar refractivity (Wildman–Crippen MR) is 108 cm³/mol. The molecule has 0 spiro atoms. The van der Waals surface area contributed by atoms with E-state index in [1.54, 1.807) is 0 Å². The van der Waals surface area contributed by atoms with Crippen LogP contribution in [0.1, 0.15) is 32.3 Å². The number of aliphatic hydroxyl groups excluding tert-OH is 1. The van der Waals surface area contributed by atoms with Crippen molar-refractivity contribution in [1.82, 2.24) is 4.31 Å². The highest BCUT2D eigenvalue weighted by Gasteiger charge is 2.35. The zero-order valence-corrected chi connectivity index (χ0v) is 18.2. The van der Waals surface area contributed by atoms with Crippen molar-refractivity contribution in [3.05, 3.63) is 41.2 Å². The Morgan fingerprint density at radius 1 is 1.22 bits per heavy atom. The first-order valence-corrected chi connectivity index (χ1v) is 11.0. The molecule has 0 bridgehead atoms. The molecule has 2 N–H and O–H groups in total. The second kappa shape index (κ2) is 9.82. The van der Waals surface area contributed by atoms with Crippen LogP contribution in [0.15, 0.2) is 40.5 Å². The summed E-state index contributed by atoms with van der Waals surface area (Å²) in [5, 5.41) is 17.4. The number of ketones is 1. The van der Waals surface area contributed by atoms with Gasteiger partial charge in [-0.3, -0.25) is 9.59 Å². The van der Waals surface area contributed by atoms with E-state index in [1.165, 1.54) is 6.92 Å². The number of esters is 1. The maximum Gasteiger partial charge on any atom is 0.416 e. The molecule has 0 saturated carbocycles. The van der Waals surface area contributed by atoms with Gasteiger partial charge in [0.25, 0.3) is 0 Å². The van der Waals surface area contributed by atoms with Crippen LogP contribution in [0.3, 0.4) is 0 Å². The minimum Gasteiger partial charge on any atom is -0.508 e. The zero-order chi connectivity index (χ0) is 24.3. The smallest absolute Gasteiger partial charge is 0.416 e. The average Bonchev–Trinajstić information content (AvgIpc) is 2.71. The molecule has 1 aromatic carbocycles. The van der Waals surface area contributed by atoms with Crippen LogP contribution in [-0.4, -0.2) is 55.0 Å².